The van der Waals surface area contributed by atoms with Gasteiger partial charge in [0, 0.05) is 22.6 Å². The zero-order valence-corrected chi connectivity index (χ0v) is 19.0. The highest BCUT2D eigenvalue weighted by atomic mass is 32.2. The summed E-state index contributed by atoms with van der Waals surface area (Å²) in [5.74, 6) is 0.712. The van der Waals surface area contributed by atoms with Crippen LogP contribution < -0.4 is 14.8 Å². The number of amides is 1. The van der Waals surface area contributed by atoms with E-state index in [9.17, 15) is 13.2 Å². The van der Waals surface area contributed by atoms with Crippen molar-refractivity contribution in [2.75, 3.05) is 12.4 Å². The van der Waals surface area contributed by atoms with Gasteiger partial charge < -0.3 is 14.8 Å². The van der Waals surface area contributed by atoms with Gasteiger partial charge in [0.05, 0.1) is 23.8 Å². The molecule has 0 bridgehead atoms. The number of hydrogen-bond acceptors (Lipinski definition) is 6. The summed E-state index contributed by atoms with van der Waals surface area (Å²) in [6.45, 7) is 3.86. The largest absolute Gasteiger partial charge is 0.493 e. The molecule has 0 saturated carbocycles. The van der Waals surface area contributed by atoms with Crippen LogP contribution in [0.15, 0.2) is 63.7 Å². The number of ether oxygens (including phenoxy) is 2. The van der Waals surface area contributed by atoms with Crippen LogP contribution in [-0.2, 0) is 14.6 Å². The van der Waals surface area contributed by atoms with Gasteiger partial charge in [-0.25, -0.2) is 8.42 Å². The van der Waals surface area contributed by atoms with E-state index in [1.54, 1.807) is 42.8 Å². The third-order valence-corrected chi connectivity index (χ3v) is 8.09. The smallest absolute Gasteiger partial charge is 0.225 e. The Labute approximate surface area is 185 Å². The Morgan fingerprint density at radius 3 is 2.52 bits per heavy atom. The molecular weight excluding hydrogens is 434 g/mol. The Morgan fingerprint density at radius 2 is 1.84 bits per heavy atom. The van der Waals surface area contributed by atoms with Crippen LogP contribution >= 0.6 is 11.3 Å². The summed E-state index contributed by atoms with van der Waals surface area (Å²) in [4.78, 5) is 13.7. The number of carbonyl (C=O) groups is 1. The number of rotatable bonds is 6. The Morgan fingerprint density at radius 1 is 1.10 bits per heavy atom. The SMILES string of the molecule is COc1ccc([C@@H]2CC(=O)Nc3c(S(=O)(=O)c4ccccc4)csc32)cc1OC(C)C. The maximum atomic E-state index is 13.2. The van der Waals surface area contributed by atoms with Crippen LogP contribution in [0.5, 0.6) is 11.5 Å². The lowest BCUT2D eigenvalue weighted by atomic mass is 9.90. The van der Waals surface area contributed by atoms with Crippen LogP contribution in [0.3, 0.4) is 0 Å². The fourth-order valence-electron chi connectivity index (χ4n) is 3.65. The Kier molecular flexibility index (Phi) is 5.77. The van der Waals surface area contributed by atoms with Crippen LogP contribution in [0.1, 0.15) is 36.6 Å². The first-order chi connectivity index (χ1) is 14.8. The third kappa shape index (κ3) is 4.05. The molecule has 31 heavy (non-hydrogen) atoms. The average Bonchev–Trinajstić information content (AvgIpc) is 3.18. The highest BCUT2D eigenvalue weighted by Crippen LogP contribution is 2.47. The van der Waals surface area contributed by atoms with E-state index < -0.39 is 9.84 Å². The van der Waals surface area contributed by atoms with E-state index in [2.05, 4.69) is 5.32 Å². The fourth-order valence-corrected chi connectivity index (χ4v) is 6.58. The maximum Gasteiger partial charge on any atom is 0.225 e. The summed E-state index contributed by atoms with van der Waals surface area (Å²) in [6.07, 6.45) is 0.185. The summed E-state index contributed by atoms with van der Waals surface area (Å²) >= 11 is 1.34. The molecule has 1 amide bonds. The molecular formula is C23H23NO5S2. The molecule has 3 aromatic rings. The van der Waals surface area contributed by atoms with Crippen LogP contribution in [0, 0.1) is 0 Å². The lowest BCUT2D eigenvalue weighted by Crippen LogP contribution is -2.23. The van der Waals surface area contributed by atoms with Crippen molar-refractivity contribution in [3.63, 3.8) is 0 Å². The van der Waals surface area contributed by atoms with E-state index in [1.807, 2.05) is 32.0 Å². The Balaban J connectivity index is 1.79. The summed E-state index contributed by atoms with van der Waals surface area (Å²) in [6, 6.07) is 13.8. The second kappa shape index (κ2) is 8.36. The van der Waals surface area contributed by atoms with Crippen molar-refractivity contribution < 1.29 is 22.7 Å². The Hall–Kier alpha value is -2.84. The van der Waals surface area contributed by atoms with Crippen molar-refractivity contribution in [1.29, 1.82) is 0 Å². The summed E-state index contributed by atoms with van der Waals surface area (Å²) < 4.78 is 37.7. The van der Waals surface area contributed by atoms with Crippen molar-refractivity contribution in [3.8, 4) is 11.5 Å². The van der Waals surface area contributed by atoms with E-state index in [0.29, 0.717) is 17.2 Å². The standard InChI is InChI=1S/C23H23NO5S2/c1-14(2)29-19-11-15(9-10-18(19)28-3)17-12-21(25)24-22-20(13-30-23(17)22)31(26,27)16-7-5-4-6-8-16/h4-11,13-14,17H,12H2,1-3H3,(H,24,25)/t17-/m0/s1. The van der Waals surface area contributed by atoms with E-state index in [-0.39, 0.29) is 34.1 Å². The van der Waals surface area contributed by atoms with E-state index in [1.165, 1.54) is 11.3 Å². The number of thiophene rings is 1. The van der Waals surface area contributed by atoms with Crippen LogP contribution in [-0.4, -0.2) is 27.5 Å². The van der Waals surface area contributed by atoms with Crippen molar-refractivity contribution in [2.24, 2.45) is 0 Å². The van der Waals surface area contributed by atoms with Crippen LogP contribution in [0.2, 0.25) is 0 Å². The van der Waals surface area contributed by atoms with Gasteiger partial charge in [0.2, 0.25) is 15.7 Å². The Bertz CT molecular complexity index is 1220. The van der Waals surface area contributed by atoms with Gasteiger partial charge >= 0.3 is 0 Å². The molecule has 0 spiro atoms. The highest BCUT2D eigenvalue weighted by molar-refractivity contribution is 7.91. The number of methoxy groups -OCH3 is 1. The molecule has 162 valence electrons. The number of anilines is 1. The van der Waals surface area contributed by atoms with Gasteiger partial charge in [0.1, 0.15) is 4.90 Å². The zero-order chi connectivity index (χ0) is 22.2. The molecule has 0 unspecified atom stereocenters. The van der Waals surface area contributed by atoms with Gasteiger partial charge in [-0.1, -0.05) is 24.3 Å². The number of carbonyl (C=O) groups excluding carboxylic acids is 1. The van der Waals surface area contributed by atoms with E-state index in [4.69, 9.17) is 9.47 Å². The van der Waals surface area contributed by atoms with Crippen molar-refractivity contribution in [1.82, 2.24) is 0 Å². The van der Waals surface area contributed by atoms with Gasteiger partial charge in [-0.05, 0) is 43.7 Å². The van der Waals surface area contributed by atoms with Gasteiger partial charge in [0.25, 0.3) is 0 Å². The molecule has 0 fully saturated rings. The topological polar surface area (TPSA) is 81.7 Å². The second-order valence-corrected chi connectivity index (χ2v) is 10.4. The number of hydrogen-bond donors (Lipinski definition) is 1. The van der Waals surface area contributed by atoms with Gasteiger partial charge in [-0.3, -0.25) is 4.79 Å². The first kappa shape index (κ1) is 21.4. The number of sulfone groups is 1. The molecule has 2 heterocycles. The van der Waals surface area contributed by atoms with Crippen molar-refractivity contribution >= 4 is 32.8 Å². The monoisotopic (exact) mass is 457 g/mol. The molecule has 1 atom stereocenters. The minimum absolute atomic E-state index is 0.0429. The summed E-state index contributed by atoms with van der Waals surface area (Å²) in [7, 11) is -2.17. The first-order valence-electron chi connectivity index (χ1n) is 9.87. The molecule has 2 aromatic carbocycles. The minimum atomic E-state index is -3.75. The summed E-state index contributed by atoms with van der Waals surface area (Å²) in [5.41, 5.74) is 1.25. The normalized spacial score (nSPS) is 16.0. The lowest BCUT2D eigenvalue weighted by molar-refractivity contribution is -0.116. The molecule has 1 aromatic heterocycles. The lowest BCUT2D eigenvalue weighted by Gasteiger charge is -2.25. The highest BCUT2D eigenvalue weighted by Gasteiger charge is 2.34. The van der Waals surface area contributed by atoms with Crippen LogP contribution in [0.4, 0.5) is 5.69 Å². The average molecular weight is 458 g/mol. The number of nitrogens with one attached hydrogen (secondary N) is 1. The first-order valence-corrected chi connectivity index (χ1v) is 12.2. The van der Waals surface area contributed by atoms with Crippen LogP contribution in [0.25, 0.3) is 0 Å². The minimum Gasteiger partial charge on any atom is -0.493 e. The molecule has 0 saturated heterocycles. The second-order valence-electron chi connectivity index (χ2n) is 7.54. The molecule has 6 nitrogen and oxygen atoms in total. The quantitative estimate of drug-likeness (QED) is 0.572. The van der Waals surface area contributed by atoms with E-state index >= 15 is 0 Å². The fraction of sp³-hybridized carbons (Fsp3) is 0.261. The molecule has 8 heteroatoms. The molecule has 4 rings (SSSR count). The number of benzene rings is 2. The molecule has 1 N–H and O–H groups in total. The third-order valence-electron chi connectivity index (χ3n) is 5.05. The molecule has 0 radical (unpaired) electrons. The molecule has 1 aliphatic rings. The van der Waals surface area contributed by atoms with Gasteiger partial charge in [0.15, 0.2) is 11.5 Å². The zero-order valence-electron chi connectivity index (χ0n) is 17.4. The van der Waals surface area contributed by atoms with Gasteiger partial charge in [-0.2, -0.15) is 0 Å². The van der Waals surface area contributed by atoms with E-state index in [0.717, 1.165) is 10.4 Å². The number of fused-ring (bicyclic) bond motifs is 1. The maximum absolute atomic E-state index is 13.2. The summed E-state index contributed by atoms with van der Waals surface area (Å²) in [5, 5.41) is 4.40. The molecule has 1 aliphatic heterocycles. The molecule has 0 aliphatic carbocycles. The van der Waals surface area contributed by atoms with Gasteiger partial charge in [-0.15, -0.1) is 11.3 Å². The van der Waals surface area contributed by atoms with Crippen molar-refractivity contribution in [3.05, 3.63) is 64.4 Å². The predicted molar refractivity (Wildman–Crippen MR) is 120 cm³/mol. The predicted octanol–water partition coefficient (Wildman–Crippen LogP) is 4.85. The van der Waals surface area contributed by atoms with Crippen molar-refractivity contribution in [2.45, 2.75) is 42.1 Å².